The van der Waals surface area contributed by atoms with Crippen LogP contribution in [0.1, 0.15) is 72.1 Å². The van der Waals surface area contributed by atoms with Crippen molar-refractivity contribution in [1.29, 1.82) is 0 Å². The van der Waals surface area contributed by atoms with E-state index in [9.17, 15) is 5.11 Å². The molecule has 17 heavy (non-hydrogen) atoms. The van der Waals surface area contributed by atoms with Crippen LogP contribution in [0.15, 0.2) is 0 Å². The van der Waals surface area contributed by atoms with Crippen molar-refractivity contribution >= 4 is 0 Å². The molecule has 0 radical (unpaired) electrons. The van der Waals surface area contributed by atoms with Gasteiger partial charge in [0.15, 0.2) is 0 Å². The van der Waals surface area contributed by atoms with Crippen molar-refractivity contribution in [2.24, 2.45) is 5.92 Å². The third-order valence-corrected chi connectivity index (χ3v) is 4.11. The Labute approximate surface area is 107 Å². The van der Waals surface area contributed by atoms with E-state index in [0.717, 1.165) is 38.6 Å². The van der Waals surface area contributed by atoms with E-state index in [0.29, 0.717) is 12.0 Å². The zero-order valence-corrected chi connectivity index (χ0v) is 12.0. The minimum atomic E-state index is -0.362. The Kier molecular flexibility index (Phi) is 6.50. The van der Waals surface area contributed by atoms with Crippen molar-refractivity contribution in [3.8, 4) is 0 Å². The lowest BCUT2D eigenvalue weighted by Gasteiger charge is -2.38. The second-order valence-corrected chi connectivity index (χ2v) is 6.05. The molecule has 0 spiro atoms. The van der Waals surface area contributed by atoms with Crippen LogP contribution >= 0.6 is 0 Å². The van der Waals surface area contributed by atoms with Crippen LogP contribution in [0, 0.1) is 5.92 Å². The normalized spacial score (nSPS) is 31.4. The van der Waals surface area contributed by atoms with E-state index in [1.165, 1.54) is 19.3 Å². The molecule has 1 saturated carbocycles. The second kappa shape index (κ2) is 7.38. The molecule has 0 heterocycles. The average Bonchev–Trinajstić information content (AvgIpc) is 2.28. The van der Waals surface area contributed by atoms with Crippen LogP contribution in [-0.4, -0.2) is 23.3 Å². The molecule has 0 bridgehead atoms. The maximum absolute atomic E-state index is 10.6. The van der Waals surface area contributed by atoms with Crippen molar-refractivity contribution in [3.63, 3.8) is 0 Å². The molecule has 0 saturated heterocycles. The van der Waals surface area contributed by atoms with Gasteiger partial charge in [-0.1, -0.05) is 33.6 Å². The van der Waals surface area contributed by atoms with Crippen LogP contribution in [0.3, 0.4) is 0 Å². The van der Waals surface area contributed by atoms with Gasteiger partial charge in [0.2, 0.25) is 0 Å². The van der Waals surface area contributed by atoms with Crippen LogP contribution in [-0.2, 0) is 0 Å². The first-order valence-corrected chi connectivity index (χ1v) is 7.55. The summed E-state index contributed by atoms with van der Waals surface area (Å²) >= 11 is 0. The molecule has 1 aliphatic rings. The molecule has 1 atom stereocenters. The van der Waals surface area contributed by atoms with Gasteiger partial charge in [-0.3, -0.25) is 0 Å². The molecule has 0 aromatic carbocycles. The van der Waals surface area contributed by atoms with Gasteiger partial charge in [-0.2, -0.15) is 0 Å². The molecule has 0 aromatic rings. The van der Waals surface area contributed by atoms with Gasteiger partial charge in [-0.15, -0.1) is 0 Å². The highest BCUT2D eigenvalue weighted by molar-refractivity contribution is 4.89. The highest BCUT2D eigenvalue weighted by Gasteiger charge is 2.33. The fourth-order valence-corrected chi connectivity index (χ4v) is 3.16. The molecule has 0 aliphatic heterocycles. The average molecular weight is 241 g/mol. The van der Waals surface area contributed by atoms with Gasteiger partial charge in [0.25, 0.3) is 0 Å². The van der Waals surface area contributed by atoms with Gasteiger partial charge in [-0.25, -0.2) is 0 Å². The van der Waals surface area contributed by atoms with E-state index in [1.54, 1.807) is 0 Å². The van der Waals surface area contributed by atoms with Crippen molar-refractivity contribution in [2.75, 3.05) is 6.54 Å². The lowest BCUT2D eigenvalue weighted by molar-refractivity contribution is -0.0231. The van der Waals surface area contributed by atoms with Gasteiger partial charge in [0, 0.05) is 6.04 Å². The summed E-state index contributed by atoms with van der Waals surface area (Å²) in [5.41, 5.74) is -0.362. The molecule has 0 aromatic heterocycles. The molecular formula is C15H31NO. The third kappa shape index (κ3) is 5.39. The first kappa shape index (κ1) is 15.0. The molecule has 1 unspecified atom stereocenters. The number of rotatable bonds is 7. The SMILES string of the molecule is CCCNC1CCC(O)(CC(C)CCC)CC1. The third-order valence-electron chi connectivity index (χ3n) is 4.11. The predicted molar refractivity (Wildman–Crippen MR) is 74.2 cm³/mol. The Morgan fingerprint density at radius 1 is 1.24 bits per heavy atom. The summed E-state index contributed by atoms with van der Waals surface area (Å²) < 4.78 is 0. The second-order valence-electron chi connectivity index (χ2n) is 6.05. The largest absolute Gasteiger partial charge is 0.390 e. The van der Waals surface area contributed by atoms with Crippen LogP contribution in [0.4, 0.5) is 0 Å². The van der Waals surface area contributed by atoms with E-state index < -0.39 is 0 Å². The Balaban J connectivity index is 2.28. The standard InChI is InChI=1S/C15H31NO/c1-4-6-13(3)12-15(17)9-7-14(8-10-15)16-11-5-2/h13-14,16-17H,4-12H2,1-3H3. The smallest absolute Gasteiger partial charge is 0.0651 e. The topological polar surface area (TPSA) is 32.3 Å². The molecule has 1 aliphatic carbocycles. The van der Waals surface area contributed by atoms with Crippen molar-refractivity contribution in [1.82, 2.24) is 5.32 Å². The minimum absolute atomic E-state index is 0.362. The number of nitrogens with one attached hydrogen (secondary N) is 1. The van der Waals surface area contributed by atoms with Crippen LogP contribution < -0.4 is 5.32 Å². The van der Waals surface area contributed by atoms with Crippen molar-refractivity contribution in [3.05, 3.63) is 0 Å². The monoisotopic (exact) mass is 241 g/mol. The fourth-order valence-electron chi connectivity index (χ4n) is 3.16. The van der Waals surface area contributed by atoms with Crippen LogP contribution in [0.2, 0.25) is 0 Å². The Morgan fingerprint density at radius 2 is 1.88 bits per heavy atom. The molecule has 2 N–H and O–H groups in total. The minimum Gasteiger partial charge on any atom is -0.390 e. The maximum Gasteiger partial charge on any atom is 0.0651 e. The number of aliphatic hydroxyl groups is 1. The van der Waals surface area contributed by atoms with Crippen LogP contribution in [0.5, 0.6) is 0 Å². The van der Waals surface area contributed by atoms with Gasteiger partial charge in [0.05, 0.1) is 5.60 Å². The summed E-state index contributed by atoms with van der Waals surface area (Å²) in [6, 6.07) is 0.650. The summed E-state index contributed by atoms with van der Waals surface area (Å²) in [5.74, 6) is 0.671. The van der Waals surface area contributed by atoms with E-state index in [2.05, 4.69) is 26.1 Å². The van der Waals surface area contributed by atoms with E-state index in [-0.39, 0.29) is 5.60 Å². The van der Waals surface area contributed by atoms with E-state index in [1.807, 2.05) is 0 Å². The van der Waals surface area contributed by atoms with Crippen LogP contribution in [0.25, 0.3) is 0 Å². The van der Waals surface area contributed by atoms with E-state index >= 15 is 0 Å². The summed E-state index contributed by atoms with van der Waals surface area (Å²) in [4.78, 5) is 0. The summed E-state index contributed by atoms with van der Waals surface area (Å²) in [5, 5.41) is 14.2. The molecule has 0 amide bonds. The molecule has 2 heteroatoms. The van der Waals surface area contributed by atoms with Gasteiger partial charge in [0.1, 0.15) is 0 Å². The number of hydrogen-bond donors (Lipinski definition) is 2. The number of hydrogen-bond acceptors (Lipinski definition) is 2. The molecule has 1 fully saturated rings. The quantitative estimate of drug-likeness (QED) is 0.715. The Bertz CT molecular complexity index is 197. The summed E-state index contributed by atoms with van der Waals surface area (Å²) in [7, 11) is 0. The predicted octanol–water partition coefficient (Wildman–Crippen LogP) is 3.49. The lowest BCUT2D eigenvalue weighted by atomic mass is 9.76. The Morgan fingerprint density at radius 3 is 2.41 bits per heavy atom. The van der Waals surface area contributed by atoms with Gasteiger partial charge in [-0.05, 0) is 51.0 Å². The first-order valence-electron chi connectivity index (χ1n) is 7.55. The zero-order chi connectivity index (χ0) is 12.7. The summed E-state index contributed by atoms with van der Waals surface area (Å²) in [6.07, 6.45) is 8.96. The zero-order valence-electron chi connectivity index (χ0n) is 12.0. The summed E-state index contributed by atoms with van der Waals surface area (Å²) in [6.45, 7) is 7.84. The van der Waals surface area contributed by atoms with E-state index in [4.69, 9.17) is 0 Å². The molecule has 1 rings (SSSR count). The Hall–Kier alpha value is -0.0800. The van der Waals surface area contributed by atoms with Gasteiger partial charge < -0.3 is 10.4 Å². The highest BCUT2D eigenvalue weighted by atomic mass is 16.3. The fraction of sp³-hybridized carbons (Fsp3) is 1.00. The molecule has 102 valence electrons. The maximum atomic E-state index is 10.6. The van der Waals surface area contributed by atoms with Crippen molar-refractivity contribution in [2.45, 2.75) is 83.8 Å². The lowest BCUT2D eigenvalue weighted by Crippen LogP contribution is -2.42. The molecular weight excluding hydrogens is 210 g/mol. The van der Waals surface area contributed by atoms with Gasteiger partial charge >= 0.3 is 0 Å². The van der Waals surface area contributed by atoms with Crippen molar-refractivity contribution < 1.29 is 5.11 Å². The molecule has 2 nitrogen and oxygen atoms in total. The first-order chi connectivity index (χ1) is 8.09. The highest BCUT2D eigenvalue weighted by Crippen LogP contribution is 2.34.